The summed E-state index contributed by atoms with van der Waals surface area (Å²) in [7, 11) is -3.78. The summed E-state index contributed by atoms with van der Waals surface area (Å²) in [4.78, 5) is 10.1. The average molecular weight is 399 g/mol. The zero-order valence-electron chi connectivity index (χ0n) is 12.6. The number of anilines is 1. The Balaban J connectivity index is 2.46. The Labute approximate surface area is 143 Å². The molecule has 0 saturated heterocycles. The molecule has 0 unspecified atom stereocenters. The van der Waals surface area contributed by atoms with Gasteiger partial charge in [0.1, 0.15) is 0 Å². The number of aryl methyl sites for hydroxylation is 1. The minimum atomic E-state index is -3.78. The molecule has 0 bridgehead atoms. The number of hydrogen-bond donors (Lipinski definition) is 0. The molecular formula is C15H15BrN2O4S. The van der Waals surface area contributed by atoms with Gasteiger partial charge in [-0.2, -0.15) is 0 Å². The largest absolute Gasteiger partial charge is 0.269 e. The fourth-order valence-corrected chi connectivity index (χ4v) is 3.85. The van der Waals surface area contributed by atoms with Gasteiger partial charge in [-0.1, -0.05) is 15.9 Å². The van der Waals surface area contributed by atoms with Gasteiger partial charge in [0.25, 0.3) is 15.7 Å². The second kappa shape index (κ2) is 6.67. The van der Waals surface area contributed by atoms with Gasteiger partial charge in [0.15, 0.2) is 0 Å². The molecule has 0 N–H and O–H groups in total. The Morgan fingerprint density at radius 3 is 2.26 bits per heavy atom. The fourth-order valence-electron chi connectivity index (χ4n) is 2.14. The highest BCUT2D eigenvalue weighted by atomic mass is 79.9. The molecule has 0 aliphatic carbocycles. The molecule has 2 aromatic carbocycles. The molecule has 0 aliphatic heterocycles. The predicted octanol–water partition coefficient (Wildman–Crippen LogP) is 3.88. The minimum Gasteiger partial charge on any atom is -0.267 e. The van der Waals surface area contributed by atoms with Gasteiger partial charge >= 0.3 is 0 Å². The molecule has 2 aromatic rings. The Bertz CT molecular complexity index is 835. The first-order chi connectivity index (χ1) is 10.8. The maximum absolute atomic E-state index is 12.8. The van der Waals surface area contributed by atoms with E-state index in [1.54, 1.807) is 25.1 Å². The van der Waals surface area contributed by atoms with E-state index in [4.69, 9.17) is 0 Å². The van der Waals surface area contributed by atoms with E-state index in [-0.39, 0.29) is 17.1 Å². The molecule has 8 heteroatoms. The van der Waals surface area contributed by atoms with Crippen LogP contribution < -0.4 is 4.31 Å². The smallest absolute Gasteiger partial charge is 0.267 e. The fraction of sp³-hybridized carbons (Fsp3) is 0.200. The lowest BCUT2D eigenvalue weighted by atomic mass is 10.2. The highest BCUT2D eigenvalue weighted by Crippen LogP contribution is 2.28. The van der Waals surface area contributed by atoms with Crippen molar-refractivity contribution in [3.63, 3.8) is 0 Å². The van der Waals surface area contributed by atoms with Crippen LogP contribution in [0.3, 0.4) is 0 Å². The number of sulfonamides is 1. The van der Waals surface area contributed by atoms with Gasteiger partial charge in [-0.25, -0.2) is 8.42 Å². The molecule has 0 aliphatic rings. The van der Waals surface area contributed by atoms with Crippen LogP contribution in [-0.2, 0) is 10.0 Å². The molecule has 0 fully saturated rings. The van der Waals surface area contributed by atoms with Crippen molar-refractivity contribution in [2.24, 2.45) is 0 Å². The van der Waals surface area contributed by atoms with Crippen LogP contribution >= 0.6 is 15.9 Å². The number of benzene rings is 2. The molecule has 0 spiro atoms. The normalized spacial score (nSPS) is 11.3. The molecule has 2 rings (SSSR count). The van der Waals surface area contributed by atoms with Crippen LogP contribution in [0.5, 0.6) is 0 Å². The Kier molecular flexibility index (Phi) is 5.06. The van der Waals surface area contributed by atoms with Crippen molar-refractivity contribution in [1.82, 2.24) is 0 Å². The van der Waals surface area contributed by atoms with Crippen molar-refractivity contribution in [3.05, 3.63) is 62.6 Å². The minimum absolute atomic E-state index is 0.0190. The Hall–Kier alpha value is -1.93. The van der Waals surface area contributed by atoms with Gasteiger partial charge in [0.05, 0.1) is 15.5 Å². The maximum Gasteiger partial charge on any atom is 0.269 e. The molecule has 0 aromatic heterocycles. The van der Waals surface area contributed by atoms with Gasteiger partial charge < -0.3 is 0 Å². The summed E-state index contributed by atoms with van der Waals surface area (Å²) in [6.45, 7) is 3.86. The van der Waals surface area contributed by atoms with Gasteiger partial charge in [-0.05, 0) is 49.7 Å². The summed E-state index contributed by atoms with van der Waals surface area (Å²) in [6, 6.07) is 10.2. The van der Waals surface area contributed by atoms with Crippen LogP contribution in [0.2, 0.25) is 0 Å². The van der Waals surface area contributed by atoms with Gasteiger partial charge in [0.2, 0.25) is 0 Å². The third kappa shape index (κ3) is 3.53. The summed E-state index contributed by atoms with van der Waals surface area (Å²) in [5, 5.41) is 10.7. The Morgan fingerprint density at radius 2 is 1.78 bits per heavy atom. The van der Waals surface area contributed by atoms with E-state index in [1.165, 1.54) is 28.6 Å². The van der Waals surface area contributed by atoms with E-state index in [2.05, 4.69) is 15.9 Å². The van der Waals surface area contributed by atoms with Crippen LogP contribution in [0.1, 0.15) is 12.5 Å². The Morgan fingerprint density at radius 1 is 1.17 bits per heavy atom. The molecule has 0 saturated carbocycles. The molecule has 0 radical (unpaired) electrons. The number of non-ortho nitro benzene ring substituents is 1. The number of halogens is 1. The SMILES string of the molecule is CCN(c1ccc(Br)c(C)c1)S(=O)(=O)c1ccc([N+](=O)[O-])cc1. The number of nitro groups is 1. The highest BCUT2D eigenvalue weighted by Gasteiger charge is 2.24. The third-order valence-electron chi connectivity index (χ3n) is 3.35. The van der Waals surface area contributed by atoms with Gasteiger partial charge in [-0.15, -0.1) is 0 Å². The summed E-state index contributed by atoms with van der Waals surface area (Å²) in [5.74, 6) is 0. The number of nitrogens with zero attached hydrogens (tertiary/aromatic N) is 2. The van der Waals surface area contributed by atoms with Crippen LogP contribution in [0, 0.1) is 17.0 Å². The van der Waals surface area contributed by atoms with E-state index < -0.39 is 14.9 Å². The zero-order chi connectivity index (χ0) is 17.2. The first-order valence-corrected chi connectivity index (χ1v) is 9.04. The van der Waals surface area contributed by atoms with E-state index in [0.29, 0.717) is 5.69 Å². The van der Waals surface area contributed by atoms with Crippen LogP contribution in [-0.4, -0.2) is 19.9 Å². The monoisotopic (exact) mass is 398 g/mol. The highest BCUT2D eigenvalue weighted by molar-refractivity contribution is 9.10. The average Bonchev–Trinajstić information content (AvgIpc) is 2.51. The quantitative estimate of drug-likeness (QED) is 0.565. The number of rotatable bonds is 5. The number of hydrogen-bond acceptors (Lipinski definition) is 4. The van der Waals surface area contributed by atoms with Gasteiger partial charge in [0, 0.05) is 23.2 Å². The first-order valence-electron chi connectivity index (χ1n) is 6.80. The molecular weight excluding hydrogens is 384 g/mol. The molecule has 122 valence electrons. The standard InChI is InChI=1S/C15H15BrN2O4S/c1-3-17(13-6-9-15(16)11(2)10-13)23(21,22)14-7-4-12(5-8-14)18(19)20/h4-10H,3H2,1-2H3. The first kappa shape index (κ1) is 17.4. The molecule has 0 atom stereocenters. The lowest BCUT2D eigenvalue weighted by Gasteiger charge is -2.23. The van der Waals surface area contributed by atoms with E-state index in [1.807, 2.05) is 6.92 Å². The molecule has 6 nitrogen and oxygen atoms in total. The second-order valence-corrected chi connectivity index (χ2v) is 7.57. The maximum atomic E-state index is 12.8. The van der Waals surface area contributed by atoms with E-state index in [9.17, 15) is 18.5 Å². The van der Waals surface area contributed by atoms with Crippen molar-refractivity contribution in [2.75, 3.05) is 10.8 Å². The molecule has 0 amide bonds. The summed E-state index contributed by atoms with van der Waals surface area (Å²) in [5.41, 5.74) is 1.32. The number of nitro benzene ring substituents is 1. The van der Waals surface area contributed by atoms with Crippen molar-refractivity contribution >= 4 is 37.3 Å². The second-order valence-electron chi connectivity index (χ2n) is 4.85. The van der Waals surface area contributed by atoms with Crippen molar-refractivity contribution in [1.29, 1.82) is 0 Å². The van der Waals surface area contributed by atoms with Crippen molar-refractivity contribution in [3.8, 4) is 0 Å². The zero-order valence-corrected chi connectivity index (χ0v) is 15.0. The van der Waals surface area contributed by atoms with Crippen LogP contribution in [0.25, 0.3) is 0 Å². The van der Waals surface area contributed by atoms with E-state index in [0.717, 1.165) is 10.0 Å². The lowest BCUT2D eigenvalue weighted by Crippen LogP contribution is -2.30. The lowest BCUT2D eigenvalue weighted by molar-refractivity contribution is -0.384. The third-order valence-corrected chi connectivity index (χ3v) is 6.16. The molecule has 23 heavy (non-hydrogen) atoms. The predicted molar refractivity (Wildman–Crippen MR) is 92.2 cm³/mol. The summed E-state index contributed by atoms with van der Waals surface area (Å²) >= 11 is 3.39. The van der Waals surface area contributed by atoms with Crippen LogP contribution in [0.15, 0.2) is 51.8 Å². The van der Waals surface area contributed by atoms with Gasteiger partial charge in [-0.3, -0.25) is 14.4 Å². The van der Waals surface area contributed by atoms with Crippen molar-refractivity contribution in [2.45, 2.75) is 18.7 Å². The van der Waals surface area contributed by atoms with E-state index >= 15 is 0 Å². The van der Waals surface area contributed by atoms with Crippen molar-refractivity contribution < 1.29 is 13.3 Å². The molecule has 0 heterocycles. The topological polar surface area (TPSA) is 80.5 Å². The summed E-state index contributed by atoms with van der Waals surface area (Å²) < 4.78 is 27.7. The van der Waals surface area contributed by atoms with Crippen LogP contribution in [0.4, 0.5) is 11.4 Å². The summed E-state index contributed by atoms with van der Waals surface area (Å²) in [6.07, 6.45) is 0.